The van der Waals surface area contributed by atoms with Gasteiger partial charge in [0.25, 0.3) is 5.91 Å². The van der Waals surface area contributed by atoms with Crippen LogP contribution in [0, 0.1) is 23.3 Å². The van der Waals surface area contributed by atoms with Gasteiger partial charge in [-0.2, -0.15) is 5.10 Å². The molecule has 0 bridgehead atoms. The number of H-pyrrole nitrogens is 1. The first kappa shape index (κ1) is 24.1. The lowest BCUT2D eigenvalue weighted by atomic mass is 9.99. The molecule has 2 N–H and O–H groups in total. The molecule has 1 amide bonds. The number of amides is 1. The Morgan fingerprint density at radius 1 is 1.11 bits per heavy atom. The van der Waals surface area contributed by atoms with Crippen molar-refractivity contribution in [2.45, 2.75) is 10.6 Å². The van der Waals surface area contributed by atoms with Crippen molar-refractivity contribution in [2.75, 3.05) is 14.2 Å². The first-order valence-corrected chi connectivity index (χ1v) is 11.5. The number of aromatic amines is 1. The fraction of sp³-hybridized carbons (Fsp3) is 0.136. The predicted molar refractivity (Wildman–Crippen MR) is 116 cm³/mol. The Hall–Kier alpha value is -4.00. The molecule has 0 aliphatic rings. The molecule has 8 nitrogen and oxygen atoms in total. The van der Waals surface area contributed by atoms with E-state index in [0.717, 1.165) is 31.5 Å². The summed E-state index contributed by atoms with van der Waals surface area (Å²) >= 11 is 0. The van der Waals surface area contributed by atoms with Crippen LogP contribution in [0.2, 0.25) is 0 Å². The Morgan fingerprint density at radius 2 is 1.86 bits per heavy atom. The van der Waals surface area contributed by atoms with Gasteiger partial charge in [0.2, 0.25) is 5.88 Å². The van der Waals surface area contributed by atoms with Gasteiger partial charge >= 0.3 is 0 Å². The van der Waals surface area contributed by atoms with E-state index in [-0.39, 0.29) is 16.6 Å². The van der Waals surface area contributed by atoms with E-state index >= 15 is 8.78 Å². The van der Waals surface area contributed by atoms with Crippen molar-refractivity contribution in [3.8, 4) is 17.0 Å². The van der Waals surface area contributed by atoms with E-state index in [1.165, 1.54) is 13.1 Å². The highest BCUT2D eigenvalue weighted by Gasteiger charge is 2.27. The highest BCUT2D eigenvalue weighted by Crippen LogP contribution is 2.35. The largest absolute Gasteiger partial charge is 0.480 e. The number of ether oxygens (including phenoxy) is 1. The fourth-order valence-electron chi connectivity index (χ4n) is 3.56. The maximum atomic E-state index is 15.4. The van der Waals surface area contributed by atoms with Gasteiger partial charge in [-0.1, -0.05) is 12.1 Å². The molecule has 2 aromatic carbocycles. The molecule has 2 heterocycles. The van der Waals surface area contributed by atoms with Crippen molar-refractivity contribution in [1.29, 1.82) is 0 Å². The minimum atomic E-state index is -4.41. The second-order valence-electron chi connectivity index (χ2n) is 7.32. The number of hydrogen-bond acceptors (Lipinski definition) is 6. The van der Waals surface area contributed by atoms with Crippen LogP contribution in [0.25, 0.3) is 22.0 Å². The van der Waals surface area contributed by atoms with E-state index < -0.39 is 72.2 Å². The molecule has 2 aromatic heterocycles. The number of halogens is 4. The normalized spacial score (nSPS) is 11.6. The number of aromatic nitrogens is 3. The maximum absolute atomic E-state index is 15.4. The maximum Gasteiger partial charge on any atom is 0.269 e. The van der Waals surface area contributed by atoms with Crippen LogP contribution in [0.3, 0.4) is 0 Å². The van der Waals surface area contributed by atoms with Gasteiger partial charge in [-0.05, 0) is 18.2 Å². The number of nitrogens with zero attached hydrogens (tertiary/aromatic N) is 2. The molecule has 0 saturated heterocycles. The number of sulfone groups is 1. The van der Waals surface area contributed by atoms with E-state index in [1.54, 1.807) is 0 Å². The van der Waals surface area contributed by atoms with Crippen molar-refractivity contribution < 1.29 is 35.5 Å². The predicted octanol–water partition coefficient (Wildman–Crippen LogP) is 3.52. The molecular formula is C22H16F4N4O4S. The second kappa shape index (κ2) is 8.98. The van der Waals surface area contributed by atoms with Gasteiger partial charge in [0.15, 0.2) is 15.7 Å². The van der Waals surface area contributed by atoms with Crippen molar-refractivity contribution in [1.82, 2.24) is 20.5 Å². The minimum Gasteiger partial charge on any atom is -0.480 e. The lowest BCUT2D eigenvalue weighted by Crippen LogP contribution is -2.18. The van der Waals surface area contributed by atoms with E-state index in [2.05, 4.69) is 20.5 Å². The number of benzene rings is 2. The first-order valence-electron chi connectivity index (χ1n) is 9.87. The number of hydrogen-bond donors (Lipinski definition) is 2. The number of fused-ring (bicyclic) bond motifs is 1. The van der Waals surface area contributed by atoms with E-state index in [9.17, 15) is 22.0 Å². The molecule has 4 rings (SSSR count). The molecular weight excluding hydrogens is 492 g/mol. The summed E-state index contributed by atoms with van der Waals surface area (Å²) in [6, 6.07) is 4.65. The smallest absolute Gasteiger partial charge is 0.269 e. The summed E-state index contributed by atoms with van der Waals surface area (Å²) in [5, 5.41) is 8.53. The van der Waals surface area contributed by atoms with Gasteiger partial charge in [-0.15, -0.1) is 0 Å². The molecule has 0 saturated carbocycles. The average molecular weight is 508 g/mol. The summed E-state index contributed by atoms with van der Waals surface area (Å²) in [6.45, 7) is 0. The van der Waals surface area contributed by atoms with Gasteiger partial charge in [0, 0.05) is 23.6 Å². The van der Waals surface area contributed by atoms with Crippen molar-refractivity contribution >= 4 is 26.6 Å². The molecule has 0 fully saturated rings. The SMILES string of the molecule is CNC(=O)c1[nH]nc2c(F)c(-c3c(F)ccc(CS(=O)(=O)c4cc(F)cnc4OC)c3F)ccc12. The third-order valence-corrected chi connectivity index (χ3v) is 6.87. The lowest BCUT2D eigenvalue weighted by Gasteiger charge is -2.13. The molecule has 0 radical (unpaired) electrons. The van der Waals surface area contributed by atoms with Gasteiger partial charge in [-0.25, -0.2) is 31.0 Å². The number of carbonyl (C=O) groups is 1. The van der Waals surface area contributed by atoms with Crippen LogP contribution in [0.1, 0.15) is 16.1 Å². The fourth-order valence-corrected chi connectivity index (χ4v) is 5.04. The molecule has 13 heteroatoms. The Labute approximate surface area is 195 Å². The molecule has 35 heavy (non-hydrogen) atoms. The quantitative estimate of drug-likeness (QED) is 0.386. The summed E-state index contributed by atoms with van der Waals surface area (Å²) in [4.78, 5) is 14.8. The van der Waals surface area contributed by atoms with Crippen LogP contribution >= 0.6 is 0 Å². The molecule has 0 aliphatic heterocycles. The summed E-state index contributed by atoms with van der Waals surface area (Å²) in [7, 11) is -1.93. The molecule has 0 aliphatic carbocycles. The highest BCUT2D eigenvalue weighted by molar-refractivity contribution is 7.90. The Balaban J connectivity index is 1.82. The number of carbonyl (C=O) groups excluding carboxylic acids is 1. The lowest BCUT2D eigenvalue weighted by molar-refractivity contribution is 0.0959. The van der Waals surface area contributed by atoms with Crippen molar-refractivity contribution in [2.24, 2.45) is 0 Å². The summed E-state index contributed by atoms with van der Waals surface area (Å²) in [6.07, 6.45) is 0.748. The van der Waals surface area contributed by atoms with Crippen LogP contribution in [-0.2, 0) is 15.6 Å². The van der Waals surface area contributed by atoms with Crippen LogP contribution in [0.15, 0.2) is 41.4 Å². The van der Waals surface area contributed by atoms with Gasteiger partial charge in [0.05, 0.1) is 24.6 Å². The Kier molecular flexibility index (Phi) is 6.19. The summed E-state index contributed by atoms with van der Waals surface area (Å²) in [5.74, 6) is -6.58. The second-order valence-corrected chi connectivity index (χ2v) is 9.27. The van der Waals surface area contributed by atoms with E-state index in [1.807, 2.05) is 0 Å². The van der Waals surface area contributed by atoms with Crippen LogP contribution in [0.4, 0.5) is 17.6 Å². The summed E-state index contributed by atoms with van der Waals surface area (Å²) in [5.41, 5.74) is -2.25. The number of rotatable bonds is 6. The van der Waals surface area contributed by atoms with Crippen LogP contribution < -0.4 is 10.1 Å². The number of methoxy groups -OCH3 is 1. The van der Waals surface area contributed by atoms with E-state index in [0.29, 0.717) is 6.07 Å². The third-order valence-electron chi connectivity index (χ3n) is 5.22. The molecule has 0 atom stereocenters. The monoisotopic (exact) mass is 508 g/mol. The summed E-state index contributed by atoms with van der Waals surface area (Å²) < 4.78 is 89.6. The minimum absolute atomic E-state index is 0.0496. The molecule has 4 aromatic rings. The zero-order valence-corrected chi connectivity index (χ0v) is 18.9. The zero-order chi connectivity index (χ0) is 25.5. The standard InChI is InChI=1S/C22H16F4N4O4S/c1-27-21(31)20-13-5-4-12(18(26)19(13)29-30-20)16-14(24)6-3-10(17(16)25)9-35(32,33)15-7-11(23)8-28-22(15)34-2/h3-8H,9H2,1-2H3,(H,27,31)(H,29,30). The first-order chi connectivity index (χ1) is 16.6. The zero-order valence-electron chi connectivity index (χ0n) is 18.1. The molecule has 0 spiro atoms. The van der Waals surface area contributed by atoms with Gasteiger partial charge in [-0.3, -0.25) is 9.89 Å². The Morgan fingerprint density at radius 3 is 2.54 bits per heavy atom. The topological polar surface area (TPSA) is 114 Å². The number of nitrogens with one attached hydrogen (secondary N) is 2. The molecule has 182 valence electrons. The van der Waals surface area contributed by atoms with E-state index in [4.69, 9.17) is 4.74 Å². The number of pyridine rings is 1. The molecule has 0 unspecified atom stereocenters. The third kappa shape index (κ3) is 4.18. The van der Waals surface area contributed by atoms with Gasteiger partial charge in [0.1, 0.15) is 33.6 Å². The van der Waals surface area contributed by atoms with Crippen LogP contribution in [0.5, 0.6) is 5.88 Å². The Bertz CT molecular complexity index is 1590. The highest BCUT2D eigenvalue weighted by atomic mass is 32.2. The van der Waals surface area contributed by atoms with Crippen LogP contribution in [-0.4, -0.2) is 43.7 Å². The average Bonchev–Trinajstić information content (AvgIpc) is 3.27. The van der Waals surface area contributed by atoms with Gasteiger partial charge < -0.3 is 10.1 Å². The van der Waals surface area contributed by atoms with Crippen molar-refractivity contribution in [3.63, 3.8) is 0 Å². The van der Waals surface area contributed by atoms with Crippen molar-refractivity contribution in [3.05, 3.63) is 71.1 Å².